The highest BCUT2D eigenvalue weighted by atomic mass is 16.3. The maximum Gasteiger partial charge on any atom is 0.335 e. The first-order chi connectivity index (χ1) is 18.5. The summed E-state index contributed by atoms with van der Waals surface area (Å²) >= 11 is 0. The van der Waals surface area contributed by atoms with Crippen molar-refractivity contribution in [2.75, 3.05) is 18.0 Å². The number of benzene rings is 3. The van der Waals surface area contributed by atoms with Crippen molar-refractivity contribution in [3.63, 3.8) is 0 Å². The molecule has 1 heterocycles. The number of piperidine rings is 1. The zero-order valence-corrected chi connectivity index (χ0v) is 21.9. The fourth-order valence-corrected chi connectivity index (χ4v) is 5.07. The first-order valence-electron chi connectivity index (χ1n) is 13.6. The minimum absolute atomic E-state index is 0.00355. The van der Waals surface area contributed by atoms with Crippen LogP contribution in [0.4, 0.5) is 5.69 Å². The van der Waals surface area contributed by atoms with Crippen LogP contribution >= 0.6 is 0 Å². The van der Waals surface area contributed by atoms with Gasteiger partial charge in [0, 0.05) is 43.9 Å². The number of anilines is 1. The van der Waals surface area contributed by atoms with Crippen LogP contribution in [0.5, 0.6) is 0 Å². The average Bonchev–Trinajstić information content (AvgIpc) is 3.78. The average molecular weight is 510 g/mol. The highest BCUT2D eigenvalue weighted by molar-refractivity contribution is 6.04. The normalized spacial score (nSPS) is 16.3. The minimum atomic E-state index is -0.00355. The van der Waals surface area contributed by atoms with Crippen molar-refractivity contribution in [2.45, 2.75) is 45.2 Å². The van der Waals surface area contributed by atoms with E-state index < -0.39 is 0 Å². The Morgan fingerprint density at radius 2 is 1.47 bits per heavy atom. The number of carbonyl (C=O) groups is 1. The molecule has 0 spiro atoms. The molecule has 3 N–H and O–H groups in total. The second kappa shape index (κ2) is 12.1. The Morgan fingerprint density at radius 1 is 0.868 bits per heavy atom. The van der Waals surface area contributed by atoms with Crippen molar-refractivity contribution >= 4 is 23.3 Å². The molecule has 38 heavy (non-hydrogen) atoms. The van der Waals surface area contributed by atoms with Gasteiger partial charge in [-0.3, -0.25) is 10.2 Å². The lowest BCUT2D eigenvalue weighted by Gasteiger charge is -2.30. The summed E-state index contributed by atoms with van der Waals surface area (Å²) in [6, 6.07) is 28.7. The van der Waals surface area contributed by atoms with Gasteiger partial charge in [0.05, 0.1) is 5.92 Å². The zero-order chi connectivity index (χ0) is 26.3. The fourth-order valence-electron chi connectivity index (χ4n) is 5.07. The van der Waals surface area contributed by atoms with Crippen LogP contribution < -0.4 is 4.90 Å². The number of amidine groups is 1. The molecule has 6 heteroatoms. The number of nitrogens with zero attached hydrogens (tertiary/aromatic N) is 3. The Balaban J connectivity index is 1.27. The number of hydrogen-bond acceptors (Lipinski definition) is 3. The van der Waals surface area contributed by atoms with Gasteiger partial charge in [-0.15, -0.1) is 4.99 Å². The molecule has 6 nitrogen and oxygen atoms in total. The van der Waals surface area contributed by atoms with E-state index in [2.05, 4.69) is 64.5 Å². The van der Waals surface area contributed by atoms with Crippen LogP contribution in [0.2, 0.25) is 0 Å². The smallest absolute Gasteiger partial charge is 0.335 e. The van der Waals surface area contributed by atoms with E-state index in [0.29, 0.717) is 31.0 Å². The van der Waals surface area contributed by atoms with Crippen LogP contribution in [0.1, 0.15) is 48.8 Å². The number of nitrogens with one attached hydrogen (secondary N) is 1. The summed E-state index contributed by atoms with van der Waals surface area (Å²) in [5.41, 5.74) is 4.16. The lowest BCUT2D eigenvalue weighted by atomic mass is 9.96. The lowest BCUT2D eigenvalue weighted by molar-refractivity contribution is -0.132. The fraction of sp³-hybridized carbons (Fsp3) is 0.344. The highest BCUT2D eigenvalue weighted by Crippen LogP contribution is 2.33. The minimum Gasteiger partial charge on any atom is -0.582 e. The third kappa shape index (κ3) is 6.88. The predicted molar refractivity (Wildman–Crippen MR) is 154 cm³/mol. The van der Waals surface area contributed by atoms with Crippen LogP contribution in [0.15, 0.2) is 89.9 Å². The summed E-state index contributed by atoms with van der Waals surface area (Å²) in [5.74, 6) is 1.22. The van der Waals surface area contributed by atoms with E-state index in [9.17, 15) is 4.79 Å². The van der Waals surface area contributed by atoms with E-state index in [1.54, 1.807) is 0 Å². The maximum absolute atomic E-state index is 12.4. The summed E-state index contributed by atoms with van der Waals surface area (Å²) in [7, 11) is 0. The van der Waals surface area contributed by atoms with Gasteiger partial charge >= 0.3 is 5.90 Å². The number of aliphatic imine (C=N–C) groups is 1. The number of hydrogen-bond donors (Lipinski definition) is 1. The van der Waals surface area contributed by atoms with Crippen molar-refractivity contribution in [2.24, 2.45) is 16.8 Å². The topological polar surface area (TPSA) is 82.7 Å². The van der Waals surface area contributed by atoms with Crippen LogP contribution in [0, 0.1) is 17.2 Å². The quantitative estimate of drug-likeness (QED) is 0.239. The SMILES string of the molecule is N=C(N=C([OH2+])C1CCN(C(=O)CC2CC2)CC1)c1cccc(N(Cc2ccccc2)Cc2ccccc2)c1. The Morgan fingerprint density at radius 3 is 2.05 bits per heavy atom. The number of amides is 1. The molecule has 1 saturated heterocycles. The van der Waals surface area contributed by atoms with E-state index in [1.165, 1.54) is 24.0 Å². The number of carbonyl (C=O) groups excluding carboxylic acids is 1. The molecule has 196 valence electrons. The first kappa shape index (κ1) is 25.7. The summed E-state index contributed by atoms with van der Waals surface area (Å²) < 4.78 is 0. The van der Waals surface area contributed by atoms with E-state index in [0.717, 1.165) is 31.6 Å². The monoisotopic (exact) mass is 509 g/mol. The first-order valence-corrected chi connectivity index (χ1v) is 13.6. The van der Waals surface area contributed by atoms with Gasteiger partial charge in [0.2, 0.25) is 5.91 Å². The molecule has 0 aromatic heterocycles. The van der Waals surface area contributed by atoms with Gasteiger partial charge in [-0.25, -0.2) is 0 Å². The number of rotatable bonds is 9. The van der Waals surface area contributed by atoms with Crippen molar-refractivity contribution in [1.82, 2.24) is 4.90 Å². The Hall–Kier alpha value is -3.93. The summed E-state index contributed by atoms with van der Waals surface area (Å²) in [5, 5.41) is 17.2. The molecule has 0 unspecified atom stereocenters. The lowest BCUT2D eigenvalue weighted by Crippen LogP contribution is -2.40. The summed E-state index contributed by atoms with van der Waals surface area (Å²) in [6.45, 7) is 2.87. The van der Waals surface area contributed by atoms with Gasteiger partial charge in [-0.1, -0.05) is 72.8 Å². The van der Waals surface area contributed by atoms with E-state index in [-0.39, 0.29) is 23.6 Å². The van der Waals surface area contributed by atoms with Crippen LogP contribution in [0.25, 0.3) is 0 Å². The molecule has 2 aliphatic rings. The molecule has 1 aliphatic heterocycles. The Bertz CT molecular complexity index is 1220. The zero-order valence-electron chi connectivity index (χ0n) is 21.9. The molecule has 5 rings (SSSR count). The van der Waals surface area contributed by atoms with Gasteiger partial charge in [-0.05, 0) is 54.9 Å². The van der Waals surface area contributed by atoms with Gasteiger partial charge < -0.3 is 14.9 Å². The molecular formula is C32H37N4O2+. The van der Waals surface area contributed by atoms with Crippen molar-refractivity contribution < 1.29 is 9.90 Å². The van der Waals surface area contributed by atoms with Crippen molar-refractivity contribution in [3.05, 3.63) is 102 Å². The molecule has 1 saturated carbocycles. The van der Waals surface area contributed by atoms with Gasteiger partial charge in [0.25, 0.3) is 0 Å². The second-order valence-electron chi connectivity index (χ2n) is 10.5. The van der Waals surface area contributed by atoms with Crippen LogP contribution in [-0.2, 0) is 17.9 Å². The van der Waals surface area contributed by atoms with Crippen LogP contribution in [-0.4, -0.2) is 40.7 Å². The third-order valence-electron chi connectivity index (χ3n) is 7.54. The molecule has 1 aliphatic carbocycles. The molecule has 3 aromatic carbocycles. The Labute approximate surface area is 225 Å². The predicted octanol–water partition coefficient (Wildman–Crippen LogP) is 5.38. The van der Waals surface area contributed by atoms with E-state index in [1.807, 2.05) is 35.2 Å². The summed E-state index contributed by atoms with van der Waals surface area (Å²) in [6.07, 6.45) is 4.54. The molecular weight excluding hydrogens is 472 g/mol. The molecule has 0 radical (unpaired) electrons. The number of likely N-dealkylation sites (tertiary alicyclic amines) is 1. The third-order valence-corrected chi connectivity index (χ3v) is 7.54. The van der Waals surface area contributed by atoms with Gasteiger partial charge in [0.1, 0.15) is 0 Å². The molecule has 2 fully saturated rings. The molecule has 1 amide bonds. The molecule has 0 atom stereocenters. The Kier molecular flexibility index (Phi) is 8.17. The molecule has 3 aromatic rings. The van der Waals surface area contributed by atoms with Gasteiger partial charge in [0.15, 0.2) is 5.84 Å². The van der Waals surface area contributed by atoms with Gasteiger partial charge in [-0.2, -0.15) is 0 Å². The van der Waals surface area contributed by atoms with Crippen LogP contribution in [0.3, 0.4) is 0 Å². The van der Waals surface area contributed by atoms with Crippen molar-refractivity contribution in [1.29, 1.82) is 5.41 Å². The van der Waals surface area contributed by atoms with E-state index >= 15 is 0 Å². The highest BCUT2D eigenvalue weighted by Gasteiger charge is 2.32. The summed E-state index contributed by atoms with van der Waals surface area (Å²) in [4.78, 5) is 21.1. The molecule has 0 bridgehead atoms. The maximum atomic E-state index is 12.4. The standard InChI is InChI=1S/C32H36N4O2/c33-31(34-32(38)27-16-18-35(19-17-27)30(37)20-24-14-15-24)28-12-7-13-29(21-28)36(22-25-8-3-1-4-9-25)23-26-10-5-2-6-11-26/h1-13,21,24,27H,14-20,22-23H2,(H2,33,34,38)/p+1. The second-order valence-corrected chi connectivity index (χ2v) is 10.5. The largest absolute Gasteiger partial charge is 0.582 e. The van der Waals surface area contributed by atoms with E-state index in [4.69, 9.17) is 10.5 Å². The van der Waals surface area contributed by atoms with Crippen molar-refractivity contribution in [3.8, 4) is 0 Å².